The molecular weight excluding hydrogens is 383 g/mol. The highest BCUT2D eigenvalue weighted by molar-refractivity contribution is 6.44. The molecular formula is C20H20Cl2N4O. The SMILES string of the molecule is CC(C)(C)n1nc(-c2ccccc2)cc1NC(=O)Nc1cccc(Cl)c1Cl. The fourth-order valence-electron chi connectivity index (χ4n) is 2.60. The van der Waals surface area contributed by atoms with Gasteiger partial charge in [-0.15, -0.1) is 0 Å². The van der Waals surface area contributed by atoms with Crippen molar-refractivity contribution in [1.82, 2.24) is 9.78 Å². The number of hydrogen-bond donors (Lipinski definition) is 2. The topological polar surface area (TPSA) is 59.0 Å². The van der Waals surface area contributed by atoms with Gasteiger partial charge in [-0.2, -0.15) is 5.10 Å². The number of nitrogens with one attached hydrogen (secondary N) is 2. The number of carbonyl (C=O) groups is 1. The van der Waals surface area contributed by atoms with Gasteiger partial charge in [-0.05, 0) is 32.9 Å². The Morgan fingerprint density at radius 1 is 1.00 bits per heavy atom. The van der Waals surface area contributed by atoms with Crippen LogP contribution in [0.5, 0.6) is 0 Å². The Morgan fingerprint density at radius 2 is 1.70 bits per heavy atom. The molecule has 1 heterocycles. The van der Waals surface area contributed by atoms with E-state index in [4.69, 9.17) is 23.2 Å². The third-order valence-electron chi connectivity index (χ3n) is 3.86. The molecule has 0 fully saturated rings. The van der Waals surface area contributed by atoms with Crippen LogP contribution in [0.3, 0.4) is 0 Å². The number of amides is 2. The summed E-state index contributed by atoms with van der Waals surface area (Å²) in [7, 11) is 0. The molecule has 2 aromatic carbocycles. The average molecular weight is 403 g/mol. The fraction of sp³-hybridized carbons (Fsp3) is 0.200. The molecule has 3 rings (SSSR count). The molecule has 2 amide bonds. The maximum absolute atomic E-state index is 12.5. The minimum Gasteiger partial charge on any atom is -0.306 e. The number of benzene rings is 2. The molecule has 0 bridgehead atoms. The van der Waals surface area contributed by atoms with Crippen LogP contribution in [0.2, 0.25) is 10.0 Å². The summed E-state index contributed by atoms with van der Waals surface area (Å²) >= 11 is 12.1. The van der Waals surface area contributed by atoms with Crippen molar-refractivity contribution in [2.24, 2.45) is 0 Å². The Morgan fingerprint density at radius 3 is 2.37 bits per heavy atom. The number of halogens is 2. The highest BCUT2D eigenvalue weighted by atomic mass is 35.5. The summed E-state index contributed by atoms with van der Waals surface area (Å²) in [5.41, 5.74) is 1.87. The minimum absolute atomic E-state index is 0.295. The van der Waals surface area contributed by atoms with Gasteiger partial charge in [-0.1, -0.05) is 59.6 Å². The van der Waals surface area contributed by atoms with Gasteiger partial charge in [0.05, 0.1) is 27.0 Å². The van der Waals surface area contributed by atoms with Gasteiger partial charge in [0.2, 0.25) is 0 Å². The monoisotopic (exact) mass is 402 g/mol. The van der Waals surface area contributed by atoms with Crippen molar-refractivity contribution >= 4 is 40.7 Å². The summed E-state index contributed by atoms with van der Waals surface area (Å²) in [5, 5.41) is 10.9. The van der Waals surface area contributed by atoms with Crippen LogP contribution in [-0.4, -0.2) is 15.8 Å². The first-order chi connectivity index (χ1) is 12.8. The summed E-state index contributed by atoms with van der Waals surface area (Å²) < 4.78 is 1.79. The van der Waals surface area contributed by atoms with Crippen molar-refractivity contribution in [3.63, 3.8) is 0 Å². The van der Waals surface area contributed by atoms with Crippen LogP contribution in [0.1, 0.15) is 20.8 Å². The lowest BCUT2D eigenvalue weighted by Crippen LogP contribution is -2.28. The van der Waals surface area contributed by atoms with Crippen molar-refractivity contribution in [2.45, 2.75) is 26.3 Å². The highest BCUT2D eigenvalue weighted by Crippen LogP contribution is 2.30. The average Bonchev–Trinajstić information content (AvgIpc) is 3.04. The van der Waals surface area contributed by atoms with E-state index in [1.807, 2.05) is 57.2 Å². The molecule has 0 radical (unpaired) electrons. The van der Waals surface area contributed by atoms with E-state index in [0.29, 0.717) is 21.6 Å². The molecule has 0 saturated carbocycles. The van der Waals surface area contributed by atoms with E-state index >= 15 is 0 Å². The Hall–Kier alpha value is -2.50. The molecule has 0 atom stereocenters. The van der Waals surface area contributed by atoms with E-state index in [0.717, 1.165) is 11.3 Å². The molecule has 7 heteroatoms. The Labute approximate surface area is 168 Å². The van der Waals surface area contributed by atoms with Crippen LogP contribution in [0.15, 0.2) is 54.6 Å². The quantitative estimate of drug-likeness (QED) is 0.543. The predicted molar refractivity (Wildman–Crippen MR) is 112 cm³/mol. The standard InChI is InChI=1S/C20H20Cl2N4O/c1-20(2,3)26-17(12-16(25-26)13-8-5-4-6-9-13)24-19(27)23-15-11-7-10-14(21)18(15)22/h4-12H,1-3H3,(H2,23,24,27). The second kappa shape index (κ2) is 7.62. The zero-order chi connectivity index (χ0) is 19.6. The second-order valence-corrected chi connectivity index (χ2v) is 7.83. The molecule has 0 aliphatic heterocycles. The molecule has 27 heavy (non-hydrogen) atoms. The minimum atomic E-state index is -0.427. The Bertz CT molecular complexity index is 962. The number of carbonyl (C=O) groups excluding carboxylic acids is 1. The number of nitrogens with zero attached hydrogens (tertiary/aromatic N) is 2. The number of anilines is 2. The Kier molecular flexibility index (Phi) is 5.44. The van der Waals surface area contributed by atoms with E-state index in [2.05, 4.69) is 15.7 Å². The van der Waals surface area contributed by atoms with E-state index in [-0.39, 0.29) is 5.54 Å². The number of urea groups is 1. The van der Waals surface area contributed by atoms with Crippen molar-refractivity contribution < 1.29 is 4.79 Å². The lowest BCUT2D eigenvalue weighted by molar-refractivity contribution is 0.261. The van der Waals surface area contributed by atoms with E-state index in [9.17, 15) is 4.79 Å². The zero-order valence-electron chi connectivity index (χ0n) is 15.3. The van der Waals surface area contributed by atoms with Crippen LogP contribution in [0.25, 0.3) is 11.3 Å². The van der Waals surface area contributed by atoms with Crippen molar-refractivity contribution in [3.8, 4) is 11.3 Å². The van der Waals surface area contributed by atoms with Crippen LogP contribution in [0.4, 0.5) is 16.3 Å². The van der Waals surface area contributed by atoms with Gasteiger partial charge in [-0.3, -0.25) is 5.32 Å². The summed E-state index contributed by atoms with van der Waals surface area (Å²) in [4.78, 5) is 12.5. The first-order valence-corrected chi connectivity index (χ1v) is 9.19. The van der Waals surface area contributed by atoms with Crippen LogP contribution < -0.4 is 10.6 Å². The lowest BCUT2D eigenvalue weighted by atomic mass is 10.1. The molecule has 0 spiro atoms. The molecule has 140 valence electrons. The molecule has 1 aromatic heterocycles. The summed E-state index contributed by atoms with van der Waals surface area (Å²) in [5.74, 6) is 0.581. The summed E-state index contributed by atoms with van der Waals surface area (Å²) in [6.07, 6.45) is 0. The van der Waals surface area contributed by atoms with Gasteiger partial charge < -0.3 is 5.32 Å². The van der Waals surface area contributed by atoms with Crippen LogP contribution in [-0.2, 0) is 5.54 Å². The van der Waals surface area contributed by atoms with E-state index < -0.39 is 6.03 Å². The second-order valence-electron chi connectivity index (χ2n) is 7.04. The third-order valence-corrected chi connectivity index (χ3v) is 4.67. The maximum atomic E-state index is 12.5. The molecule has 5 nitrogen and oxygen atoms in total. The lowest BCUT2D eigenvalue weighted by Gasteiger charge is -2.22. The molecule has 0 aliphatic carbocycles. The predicted octanol–water partition coefficient (Wildman–Crippen LogP) is 6.26. The highest BCUT2D eigenvalue weighted by Gasteiger charge is 2.21. The summed E-state index contributed by atoms with van der Waals surface area (Å²) in [6, 6.07) is 16.3. The zero-order valence-corrected chi connectivity index (χ0v) is 16.8. The first kappa shape index (κ1) is 19.3. The van der Waals surface area contributed by atoms with E-state index in [1.165, 1.54) is 0 Å². The van der Waals surface area contributed by atoms with Crippen molar-refractivity contribution in [3.05, 3.63) is 64.6 Å². The van der Waals surface area contributed by atoms with Gasteiger partial charge >= 0.3 is 6.03 Å². The smallest absolute Gasteiger partial charge is 0.306 e. The Balaban J connectivity index is 1.88. The number of hydrogen-bond acceptors (Lipinski definition) is 2. The normalized spacial score (nSPS) is 11.3. The molecule has 0 unspecified atom stereocenters. The van der Waals surface area contributed by atoms with E-state index in [1.54, 1.807) is 22.9 Å². The molecule has 2 N–H and O–H groups in total. The van der Waals surface area contributed by atoms with Crippen molar-refractivity contribution in [2.75, 3.05) is 10.6 Å². The number of aromatic nitrogens is 2. The van der Waals surface area contributed by atoms with Crippen LogP contribution >= 0.6 is 23.2 Å². The van der Waals surface area contributed by atoms with Gasteiger partial charge in [0.25, 0.3) is 0 Å². The molecule has 0 saturated heterocycles. The van der Waals surface area contributed by atoms with Gasteiger partial charge in [0.1, 0.15) is 5.82 Å². The fourth-order valence-corrected chi connectivity index (χ4v) is 2.95. The third kappa shape index (κ3) is 4.43. The van der Waals surface area contributed by atoms with Gasteiger partial charge in [-0.25, -0.2) is 9.48 Å². The molecule has 3 aromatic rings. The maximum Gasteiger partial charge on any atom is 0.324 e. The first-order valence-electron chi connectivity index (χ1n) is 8.43. The van der Waals surface area contributed by atoms with Crippen LogP contribution in [0, 0.1) is 0 Å². The van der Waals surface area contributed by atoms with Crippen molar-refractivity contribution in [1.29, 1.82) is 0 Å². The summed E-state index contributed by atoms with van der Waals surface area (Å²) in [6.45, 7) is 6.06. The number of rotatable bonds is 3. The molecule has 0 aliphatic rings. The largest absolute Gasteiger partial charge is 0.324 e. The van der Waals surface area contributed by atoms with Gasteiger partial charge in [0.15, 0.2) is 0 Å². The van der Waals surface area contributed by atoms with Gasteiger partial charge in [0, 0.05) is 11.6 Å².